The molecule has 106 valence electrons. The first-order valence-electron chi connectivity index (χ1n) is 7.25. The molecule has 1 N–H and O–H groups in total. The fourth-order valence-electron chi connectivity index (χ4n) is 2.52. The molecule has 2 rings (SSSR count). The molecule has 0 saturated heterocycles. The molecule has 0 aromatic heterocycles. The maximum absolute atomic E-state index is 3.63. The van der Waals surface area contributed by atoms with Gasteiger partial charge in [0.2, 0.25) is 0 Å². The van der Waals surface area contributed by atoms with Crippen LogP contribution >= 0.6 is 11.8 Å². The number of thioether (sulfide) groups is 1. The van der Waals surface area contributed by atoms with Gasteiger partial charge in [0.05, 0.1) is 0 Å². The number of hydrogen-bond donors (Lipinski definition) is 1. The molecule has 1 nitrogen and oxygen atoms in total. The van der Waals surface area contributed by atoms with Crippen molar-refractivity contribution in [2.75, 3.05) is 12.8 Å². The normalized spacial score (nSPS) is 12.3. The van der Waals surface area contributed by atoms with Crippen LogP contribution in [0.25, 0.3) is 0 Å². The molecule has 0 radical (unpaired) electrons. The summed E-state index contributed by atoms with van der Waals surface area (Å²) in [5.74, 6) is 0. The predicted octanol–water partition coefficient (Wildman–Crippen LogP) is 4.69. The first-order chi connectivity index (χ1) is 9.85. The van der Waals surface area contributed by atoms with Crippen molar-refractivity contribution in [2.45, 2.75) is 30.7 Å². The van der Waals surface area contributed by atoms with E-state index in [4.69, 9.17) is 0 Å². The monoisotopic (exact) mass is 285 g/mol. The van der Waals surface area contributed by atoms with Crippen molar-refractivity contribution < 1.29 is 0 Å². The van der Waals surface area contributed by atoms with Crippen LogP contribution in [-0.4, -0.2) is 12.8 Å². The second-order valence-electron chi connectivity index (χ2n) is 4.88. The Morgan fingerprint density at radius 2 is 1.70 bits per heavy atom. The van der Waals surface area contributed by atoms with Gasteiger partial charge in [-0.1, -0.05) is 55.5 Å². The van der Waals surface area contributed by atoms with Crippen molar-refractivity contribution in [1.29, 1.82) is 0 Å². The molecule has 2 aromatic rings. The zero-order chi connectivity index (χ0) is 14.2. The molecule has 0 amide bonds. The van der Waals surface area contributed by atoms with Crippen LogP contribution in [0.4, 0.5) is 0 Å². The van der Waals surface area contributed by atoms with E-state index in [2.05, 4.69) is 73.1 Å². The third kappa shape index (κ3) is 4.12. The molecule has 0 saturated carbocycles. The lowest BCUT2D eigenvalue weighted by molar-refractivity contribution is 0.509. The Hall–Kier alpha value is -1.25. The Kier molecular flexibility index (Phi) is 6.16. The van der Waals surface area contributed by atoms with E-state index in [1.807, 2.05) is 11.8 Å². The van der Waals surface area contributed by atoms with Crippen LogP contribution in [0.1, 0.15) is 30.5 Å². The average Bonchev–Trinajstić information content (AvgIpc) is 2.52. The van der Waals surface area contributed by atoms with Crippen LogP contribution < -0.4 is 5.32 Å². The van der Waals surface area contributed by atoms with Gasteiger partial charge in [-0.15, -0.1) is 11.8 Å². The van der Waals surface area contributed by atoms with Crippen molar-refractivity contribution in [3.8, 4) is 0 Å². The van der Waals surface area contributed by atoms with Gasteiger partial charge in [-0.25, -0.2) is 0 Å². The highest BCUT2D eigenvalue weighted by Crippen LogP contribution is 2.28. The smallest absolute Gasteiger partial charge is 0.0334 e. The topological polar surface area (TPSA) is 12.0 Å². The number of aryl methyl sites for hydroxylation is 1. The van der Waals surface area contributed by atoms with Gasteiger partial charge in [-0.3, -0.25) is 0 Å². The summed E-state index contributed by atoms with van der Waals surface area (Å²) in [5.41, 5.74) is 2.84. The molecule has 0 spiro atoms. The Morgan fingerprint density at radius 1 is 1.00 bits per heavy atom. The number of nitrogens with one attached hydrogen (secondary N) is 1. The van der Waals surface area contributed by atoms with E-state index in [0.717, 1.165) is 19.4 Å². The van der Waals surface area contributed by atoms with Crippen molar-refractivity contribution in [3.63, 3.8) is 0 Å². The fraction of sp³-hybridized carbons (Fsp3) is 0.333. The van der Waals surface area contributed by atoms with Crippen molar-refractivity contribution in [2.24, 2.45) is 0 Å². The molecule has 0 fully saturated rings. The molecule has 0 aliphatic rings. The molecule has 2 heteroatoms. The van der Waals surface area contributed by atoms with Gasteiger partial charge in [-0.05, 0) is 42.8 Å². The van der Waals surface area contributed by atoms with Gasteiger partial charge >= 0.3 is 0 Å². The molecule has 0 aliphatic heterocycles. The molecule has 2 aromatic carbocycles. The van der Waals surface area contributed by atoms with Crippen molar-refractivity contribution >= 4 is 11.8 Å². The van der Waals surface area contributed by atoms with Crippen LogP contribution in [-0.2, 0) is 6.42 Å². The summed E-state index contributed by atoms with van der Waals surface area (Å²) in [6.07, 6.45) is 4.40. The standard InChI is InChI=1S/C18H23NS/c1-3-19-17(14-13-15-9-5-4-6-10-15)16-11-7-8-12-18(16)20-2/h4-12,17,19H,3,13-14H2,1-2H3. The summed E-state index contributed by atoms with van der Waals surface area (Å²) in [6.45, 7) is 3.18. The highest BCUT2D eigenvalue weighted by molar-refractivity contribution is 7.98. The first kappa shape index (κ1) is 15.1. The highest BCUT2D eigenvalue weighted by Gasteiger charge is 2.13. The van der Waals surface area contributed by atoms with Crippen LogP contribution in [0.2, 0.25) is 0 Å². The van der Waals surface area contributed by atoms with Gasteiger partial charge in [0.15, 0.2) is 0 Å². The Morgan fingerprint density at radius 3 is 2.40 bits per heavy atom. The summed E-state index contributed by atoms with van der Waals surface area (Å²) in [7, 11) is 0. The molecular weight excluding hydrogens is 262 g/mol. The van der Waals surface area contributed by atoms with E-state index in [-0.39, 0.29) is 0 Å². The molecule has 0 heterocycles. The molecular formula is C18H23NS. The highest BCUT2D eigenvalue weighted by atomic mass is 32.2. The largest absolute Gasteiger partial charge is 0.310 e. The third-order valence-corrected chi connectivity index (χ3v) is 4.34. The van der Waals surface area contributed by atoms with Crippen molar-refractivity contribution in [1.82, 2.24) is 5.32 Å². The van der Waals surface area contributed by atoms with Gasteiger partial charge in [-0.2, -0.15) is 0 Å². The molecule has 0 aliphatic carbocycles. The van der Waals surface area contributed by atoms with E-state index in [0.29, 0.717) is 6.04 Å². The SMILES string of the molecule is CCNC(CCc1ccccc1)c1ccccc1SC. The average molecular weight is 285 g/mol. The van der Waals surface area contributed by atoms with E-state index >= 15 is 0 Å². The Labute approximate surface area is 126 Å². The second kappa shape index (κ2) is 8.13. The minimum Gasteiger partial charge on any atom is -0.310 e. The summed E-state index contributed by atoms with van der Waals surface area (Å²) >= 11 is 1.83. The summed E-state index contributed by atoms with van der Waals surface area (Å²) < 4.78 is 0. The van der Waals surface area contributed by atoms with Crippen LogP contribution in [0.5, 0.6) is 0 Å². The zero-order valence-corrected chi connectivity index (χ0v) is 13.1. The van der Waals surface area contributed by atoms with Gasteiger partial charge in [0.25, 0.3) is 0 Å². The Bertz CT molecular complexity index is 510. The third-order valence-electron chi connectivity index (χ3n) is 3.53. The first-order valence-corrected chi connectivity index (χ1v) is 8.47. The summed E-state index contributed by atoms with van der Waals surface area (Å²) in [4.78, 5) is 1.38. The lowest BCUT2D eigenvalue weighted by Crippen LogP contribution is -2.22. The summed E-state index contributed by atoms with van der Waals surface area (Å²) in [6, 6.07) is 19.9. The van der Waals surface area contributed by atoms with Gasteiger partial charge < -0.3 is 5.32 Å². The number of rotatable bonds is 7. The van der Waals surface area contributed by atoms with Crippen LogP contribution in [0, 0.1) is 0 Å². The predicted molar refractivity (Wildman–Crippen MR) is 89.4 cm³/mol. The molecule has 1 atom stereocenters. The van der Waals surface area contributed by atoms with Gasteiger partial charge in [0, 0.05) is 10.9 Å². The quantitative estimate of drug-likeness (QED) is 0.741. The van der Waals surface area contributed by atoms with E-state index in [1.165, 1.54) is 16.0 Å². The molecule has 1 unspecified atom stereocenters. The lowest BCUT2D eigenvalue weighted by Gasteiger charge is -2.21. The number of hydrogen-bond acceptors (Lipinski definition) is 2. The van der Waals surface area contributed by atoms with Crippen LogP contribution in [0.15, 0.2) is 59.5 Å². The maximum Gasteiger partial charge on any atom is 0.0334 e. The lowest BCUT2D eigenvalue weighted by atomic mass is 9.99. The maximum atomic E-state index is 3.63. The summed E-state index contributed by atoms with van der Waals surface area (Å²) in [5, 5.41) is 3.63. The zero-order valence-electron chi connectivity index (χ0n) is 12.3. The van der Waals surface area contributed by atoms with Crippen molar-refractivity contribution in [3.05, 3.63) is 65.7 Å². The van der Waals surface area contributed by atoms with E-state index < -0.39 is 0 Å². The fourth-order valence-corrected chi connectivity index (χ4v) is 3.18. The molecule has 20 heavy (non-hydrogen) atoms. The minimum absolute atomic E-state index is 0.434. The van der Waals surface area contributed by atoms with Gasteiger partial charge in [0.1, 0.15) is 0 Å². The molecule has 0 bridgehead atoms. The minimum atomic E-state index is 0.434. The second-order valence-corrected chi connectivity index (χ2v) is 5.72. The van der Waals surface area contributed by atoms with E-state index in [1.54, 1.807) is 0 Å². The van der Waals surface area contributed by atoms with E-state index in [9.17, 15) is 0 Å². The van der Waals surface area contributed by atoms with Crippen LogP contribution in [0.3, 0.4) is 0 Å². The number of benzene rings is 2. The Balaban J connectivity index is 2.10.